The van der Waals surface area contributed by atoms with Gasteiger partial charge in [-0.3, -0.25) is 0 Å². The summed E-state index contributed by atoms with van der Waals surface area (Å²) >= 11 is 5.98. The summed E-state index contributed by atoms with van der Waals surface area (Å²) in [6, 6.07) is 11.4. The topological polar surface area (TPSA) is 61.3 Å². The van der Waals surface area contributed by atoms with Gasteiger partial charge >= 0.3 is 0 Å². The number of nitrogens with zero attached hydrogens (tertiary/aromatic N) is 1. The van der Waals surface area contributed by atoms with Crippen LogP contribution in [0.5, 0.6) is 5.75 Å². The predicted octanol–water partition coefficient (Wildman–Crippen LogP) is 3.86. The molecule has 0 bridgehead atoms. The van der Waals surface area contributed by atoms with E-state index in [1.165, 1.54) is 5.56 Å². The van der Waals surface area contributed by atoms with Crippen molar-refractivity contribution >= 4 is 28.4 Å². The average molecular weight is 303 g/mol. The Morgan fingerprint density at radius 2 is 1.95 bits per heavy atom. The number of halogens is 1. The molecule has 3 rings (SSSR count). The summed E-state index contributed by atoms with van der Waals surface area (Å²) in [6.07, 6.45) is 1.57. The van der Waals surface area contributed by atoms with Crippen molar-refractivity contribution in [3.05, 3.63) is 52.9 Å². The minimum absolute atomic E-state index is 0.498. The van der Waals surface area contributed by atoms with Crippen molar-refractivity contribution in [3.8, 4) is 5.75 Å². The summed E-state index contributed by atoms with van der Waals surface area (Å²) < 4.78 is 10.8. The highest BCUT2D eigenvalue weighted by Crippen LogP contribution is 2.26. The van der Waals surface area contributed by atoms with Gasteiger partial charge in [-0.1, -0.05) is 23.7 Å². The highest BCUT2D eigenvalue weighted by atomic mass is 35.5. The largest absolute Gasteiger partial charge is 0.497 e. The summed E-state index contributed by atoms with van der Waals surface area (Å²) in [6.45, 7) is 0. The molecule has 0 fully saturated rings. The summed E-state index contributed by atoms with van der Waals surface area (Å²) in [4.78, 5) is 4.43. The Hall–Kier alpha value is -2.20. The molecule has 0 amide bonds. The number of oxazole rings is 1. The van der Waals surface area contributed by atoms with E-state index in [0.717, 1.165) is 24.1 Å². The van der Waals surface area contributed by atoms with E-state index in [0.29, 0.717) is 22.2 Å². The second-order valence-corrected chi connectivity index (χ2v) is 5.20. The van der Waals surface area contributed by atoms with Gasteiger partial charge < -0.3 is 14.9 Å². The van der Waals surface area contributed by atoms with E-state index in [4.69, 9.17) is 26.5 Å². The van der Waals surface area contributed by atoms with E-state index in [2.05, 4.69) is 4.98 Å². The minimum atomic E-state index is 0.498. The van der Waals surface area contributed by atoms with Crippen LogP contribution in [0.25, 0.3) is 11.1 Å². The van der Waals surface area contributed by atoms with Gasteiger partial charge in [-0.15, -0.1) is 0 Å². The van der Waals surface area contributed by atoms with Gasteiger partial charge in [0.15, 0.2) is 11.5 Å². The number of anilines is 1. The smallest absolute Gasteiger partial charge is 0.195 e. The molecule has 0 spiro atoms. The third-order valence-electron chi connectivity index (χ3n) is 3.34. The van der Waals surface area contributed by atoms with Crippen LogP contribution in [0.4, 0.5) is 5.69 Å². The number of benzene rings is 2. The first-order valence-corrected chi connectivity index (χ1v) is 7.01. The highest BCUT2D eigenvalue weighted by molar-refractivity contribution is 6.33. The molecule has 0 saturated heterocycles. The quantitative estimate of drug-likeness (QED) is 0.743. The van der Waals surface area contributed by atoms with Gasteiger partial charge in [-0.05, 0) is 30.2 Å². The van der Waals surface area contributed by atoms with Crippen molar-refractivity contribution in [1.82, 2.24) is 4.98 Å². The Bertz CT molecular complexity index is 727. The van der Waals surface area contributed by atoms with Crippen LogP contribution in [0.1, 0.15) is 11.5 Å². The number of nitrogens with two attached hydrogens (primary N) is 1. The van der Waals surface area contributed by atoms with Crippen LogP contribution in [-0.4, -0.2) is 12.1 Å². The monoisotopic (exact) mass is 302 g/mol. The van der Waals surface area contributed by atoms with Gasteiger partial charge in [0.25, 0.3) is 0 Å². The van der Waals surface area contributed by atoms with Gasteiger partial charge in [0.2, 0.25) is 0 Å². The van der Waals surface area contributed by atoms with Gasteiger partial charge in [0.1, 0.15) is 11.3 Å². The predicted molar refractivity (Wildman–Crippen MR) is 83.8 cm³/mol. The molecule has 21 heavy (non-hydrogen) atoms. The lowest BCUT2D eigenvalue weighted by Crippen LogP contribution is -1.91. The Balaban J connectivity index is 1.75. The van der Waals surface area contributed by atoms with Crippen LogP contribution in [0.15, 0.2) is 40.8 Å². The molecular formula is C16H15ClN2O2. The van der Waals surface area contributed by atoms with E-state index in [-0.39, 0.29) is 0 Å². The summed E-state index contributed by atoms with van der Waals surface area (Å²) in [5.74, 6) is 1.54. The highest BCUT2D eigenvalue weighted by Gasteiger charge is 2.09. The normalized spacial score (nSPS) is 11.0. The zero-order chi connectivity index (χ0) is 14.8. The van der Waals surface area contributed by atoms with Crippen LogP contribution in [0, 0.1) is 0 Å². The van der Waals surface area contributed by atoms with Gasteiger partial charge in [-0.2, -0.15) is 0 Å². The molecule has 0 aliphatic carbocycles. The number of aromatic nitrogens is 1. The van der Waals surface area contributed by atoms with Crippen LogP contribution in [-0.2, 0) is 12.8 Å². The number of methoxy groups -OCH3 is 1. The van der Waals surface area contributed by atoms with Crippen molar-refractivity contribution in [3.63, 3.8) is 0 Å². The molecule has 2 N–H and O–H groups in total. The molecule has 0 unspecified atom stereocenters. The van der Waals surface area contributed by atoms with Crippen molar-refractivity contribution in [2.24, 2.45) is 0 Å². The molecule has 4 nitrogen and oxygen atoms in total. The zero-order valence-electron chi connectivity index (χ0n) is 11.6. The maximum atomic E-state index is 5.98. The van der Waals surface area contributed by atoms with E-state index in [1.807, 2.05) is 24.3 Å². The van der Waals surface area contributed by atoms with Crippen molar-refractivity contribution in [1.29, 1.82) is 0 Å². The molecule has 0 aliphatic heterocycles. The standard InChI is InChI=1S/C16H15ClN2O2/c1-20-11-5-2-10(3-6-11)4-7-16-19-14-8-12(17)13(18)9-15(14)21-16/h2-3,5-6,8-9H,4,7,18H2,1H3. The van der Waals surface area contributed by atoms with Gasteiger partial charge in [0, 0.05) is 12.5 Å². The van der Waals surface area contributed by atoms with Crippen LogP contribution in [0.2, 0.25) is 5.02 Å². The lowest BCUT2D eigenvalue weighted by atomic mass is 10.1. The molecule has 0 saturated carbocycles. The average Bonchev–Trinajstić information content (AvgIpc) is 2.88. The fraction of sp³-hybridized carbons (Fsp3) is 0.188. The van der Waals surface area contributed by atoms with E-state index < -0.39 is 0 Å². The lowest BCUT2D eigenvalue weighted by molar-refractivity contribution is 0.414. The number of fused-ring (bicyclic) bond motifs is 1. The summed E-state index contributed by atoms with van der Waals surface area (Å²) in [7, 11) is 1.66. The number of nitrogen functional groups attached to an aromatic ring is 1. The fourth-order valence-electron chi connectivity index (χ4n) is 2.16. The van der Waals surface area contributed by atoms with Gasteiger partial charge in [0.05, 0.1) is 17.8 Å². The van der Waals surface area contributed by atoms with Gasteiger partial charge in [-0.25, -0.2) is 4.98 Å². The second-order valence-electron chi connectivity index (χ2n) is 4.80. The minimum Gasteiger partial charge on any atom is -0.497 e. The number of hydrogen-bond acceptors (Lipinski definition) is 4. The molecule has 108 valence electrons. The van der Waals surface area contributed by atoms with Crippen molar-refractivity contribution in [2.45, 2.75) is 12.8 Å². The molecule has 3 aromatic rings. The molecule has 2 aromatic carbocycles. The first kappa shape index (κ1) is 13.8. The third-order valence-corrected chi connectivity index (χ3v) is 3.67. The number of ether oxygens (including phenoxy) is 1. The summed E-state index contributed by atoms with van der Waals surface area (Å²) in [5.41, 5.74) is 8.87. The van der Waals surface area contributed by atoms with E-state index >= 15 is 0 Å². The van der Waals surface area contributed by atoms with Crippen LogP contribution < -0.4 is 10.5 Å². The van der Waals surface area contributed by atoms with Crippen LogP contribution >= 0.6 is 11.6 Å². The molecule has 0 atom stereocenters. The molecule has 1 aromatic heterocycles. The zero-order valence-corrected chi connectivity index (χ0v) is 12.4. The summed E-state index contributed by atoms with van der Waals surface area (Å²) in [5, 5.41) is 0.498. The third kappa shape index (κ3) is 2.95. The Labute approximate surface area is 127 Å². The molecule has 0 aliphatic rings. The Morgan fingerprint density at radius 1 is 1.19 bits per heavy atom. The molecule has 0 radical (unpaired) electrons. The van der Waals surface area contributed by atoms with Crippen molar-refractivity contribution in [2.75, 3.05) is 12.8 Å². The molecule has 1 heterocycles. The first-order valence-electron chi connectivity index (χ1n) is 6.63. The second kappa shape index (κ2) is 5.66. The number of aryl methyl sites for hydroxylation is 2. The number of rotatable bonds is 4. The van der Waals surface area contributed by atoms with E-state index in [9.17, 15) is 0 Å². The van der Waals surface area contributed by atoms with Crippen LogP contribution in [0.3, 0.4) is 0 Å². The Morgan fingerprint density at radius 3 is 2.67 bits per heavy atom. The molecule has 5 heteroatoms. The maximum Gasteiger partial charge on any atom is 0.195 e. The van der Waals surface area contributed by atoms with E-state index in [1.54, 1.807) is 19.2 Å². The maximum absolute atomic E-state index is 5.98. The lowest BCUT2D eigenvalue weighted by Gasteiger charge is -2.01. The SMILES string of the molecule is COc1ccc(CCc2nc3cc(Cl)c(N)cc3o2)cc1. The Kier molecular flexibility index (Phi) is 3.71. The molecular weight excluding hydrogens is 288 g/mol. The van der Waals surface area contributed by atoms with Crippen molar-refractivity contribution < 1.29 is 9.15 Å². The first-order chi connectivity index (χ1) is 10.2. The number of hydrogen-bond donors (Lipinski definition) is 1. The fourth-order valence-corrected chi connectivity index (χ4v) is 2.32.